The van der Waals surface area contributed by atoms with Crippen LogP contribution in [0.2, 0.25) is 0 Å². The minimum absolute atomic E-state index is 0.000192. The fraction of sp³-hybridized carbons (Fsp3) is 0.250. The van der Waals surface area contributed by atoms with Crippen molar-refractivity contribution in [2.24, 2.45) is 0 Å². The Labute approximate surface area is 165 Å². The monoisotopic (exact) mass is 372 g/mol. The fourth-order valence-electron chi connectivity index (χ4n) is 4.09. The van der Waals surface area contributed by atoms with Gasteiger partial charge in [0.25, 0.3) is 0 Å². The van der Waals surface area contributed by atoms with Crippen LogP contribution in [-0.2, 0) is 0 Å². The minimum atomic E-state index is 0.000192. The lowest BCUT2D eigenvalue weighted by molar-refractivity contribution is 0.102. The number of carbonyl (C=O) groups is 2. The van der Waals surface area contributed by atoms with E-state index < -0.39 is 0 Å². The van der Waals surface area contributed by atoms with Gasteiger partial charge in [-0.1, -0.05) is 24.3 Å². The summed E-state index contributed by atoms with van der Waals surface area (Å²) in [6.45, 7) is 8.25. The normalized spacial score (nSPS) is 18.8. The summed E-state index contributed by atoms with van der Waals surface area (Å²) >= 11 is 0. The maximum atomic E-state index is 13.0. The highest BCUT2D eigenvalue weighted by atomic mass is 16.1. The van der Waals surface area contributed by atoms with Gasteiger partial charge in [0, 0.05) is 23.2 Å². The molecular formula is C24H24N2O2. The molecule has 0 N–H and O–H groups in total. The Kier molecular flexibility index (Phi) is 4.42. The molecule has 0 radical (unpaired) electrons. The van der Waals surface area contributed by atoms with E-state index in [1.54, 1.807) is 12.2 Å². The van der Waals surface area contributed by atoms with Crippen molar-refractivity contribution >= 4 is 22.9 Å². The molecule has 28 heavy (non-hydrogen) atoms. The predicted molar refractivity (Wildman–Crippen MR) is 113 cm³/mol. The molecule has 2 heterocycles. The molecule has 0 bridgehead atoms. The summed E-state index contributed by atoms with van der Waals surface area (Å²) in [7, 11) is 0. The molecule has 0 atom stereocenters. The number of rotatable bonds is 3. The van der Waals surface area contributed by atoms with Crippen LogP contribution < -0.4 is 9.80 Å². The standard InChI is InChI=1S/C24H24N2O2/c1-15(2)25-19-11-7-5-9-17(19)23(27)21(25)13-14-22-24(28)18-10-6-8-12-20(18)26(22)16(3)4/h5-16H,1-4H3/b21-13-,22-14+. The van der Waals surface area contributed by atoms with Gasteiger partial charge in [-0.2, -0.15) is 0 Å². The van der Waals surface area contributed by atoms with Gasteiger partial charge in [-0.3, -0.25) is 9.59 Å². The molecule has 4 heteroatoms. The number of para-hydroxylation sites is 2. The van der Waals surface area contributed by atoms with Crippen molar-refractivity contribution in [2.75, 3.05) is 9.80 Å². The molecule has 0 spiro atoms. The quantitative estimate of drug-likeness (QED) is 0.713. The summed E-state index contributed by atoms with van der Waals surface area (Å²) in [6.07, 6.45) is 3.60. The van der Waals surface area contributed by atoms with E-state index in [-0.39, 0.29) is 23.7 Å². The molecule has 142 valence electrons. The SMILES string of the molecule is CC(C)N1/C(=C\C=C2/C(=O)c3ccccc3N2C(C)C)C(=O)c2ccccc21. The van der Waals surface area contributed by atoms with Crippen LogP contribution in [0.3, 0.4) is 0 Å². The van der Waals surface area contributed by atoms with E-state index in [2.05, 4.69) is 27.7 Å². The first-order valence-corrected chi connectivity index (χ1v) is 9.69. The molecule has 2 aliphatic heterocycles. The van der Waals surface area contributed by atoms with Crippen molar-refractivity contribution in [2.45, 2.75) is 39.8 Å². The van der Waals surface area contributed by atoms with E-state index >= 15 is 0 Å². The van der Waals surface area contributed by atoms with Crippen LogP contribution in [0.4, 0.5) is 11.4 Å². The lowest BCUT2D eigenvalue weighted by Crippen LogP contribution is -2.29. The van der Waals surface area contributed by atoms with Crippen molar-refractivity contribution in [1.82, 2.24) is 0 Å². The van der Waals surface area contributed by atoms with Crippen LogP contribution >= 0.6 is 0 Å². The number of Topliss-reactive ketones (excluding diaryl/α,β-unsaturated/α-hetero) is 2. The number of hydrogen-bond donors (Lipinski definition) is 0. The van der Waals surface area contributed by atoms with Gasteiger partial charge in [0.2, 0.25) is 11.6 Å². The Bertz CT molecular complexity index is 947. The van der Waals surface area contributed by atoms with Gasteiger partial charge < -0.3 is 9.80 Å². The molecule has 2 aliphatic rings. The summed E-state index contributed by atoms with van der Waals surface area (Å²) in [6, 6.07) is 15.6. The Balaban J connectivity index is 1.80. The molecule has 4 rings (SSSR count). The second-order valence-electron chi connectivity index (χ2n) is 7.72. The van der Waals surface area contributed by atoms with Gasteiger partial charge in [0.15, 0.2) is 0 Å². The molecule has 0 aromatic heterocycles. The third kappa shape index (κ3) is 2.68. The molecule has 0 saturated heterocycles. The zero-order chi connectivity index (χ0) is 20.0. The van der Waals surface area contributed by atoms with Crippen LogP contribution in [0.5, 0.6) is 0 Å². The highest BCUT2D eigenvalue weighted by Gasteiger charge is 2.35. The van der Waals surface area contributed by atoms with Crippen molar-refractivity contribution in [1.29, 1.82) is 0 Å². The van der Waals surface area contributed by atoms with Crippen LogP contribution in [0.15, 0.2) is 72.1 Å². The lowest BCUT2D eigenvalue weighted by Gasteiger charge is -2.26. The van der Waals surface area contributed by atoms with E-state index in [0.717, 1.165) is 11.4 Å². The van der Waals surface area contributed by atoms with Crippen LogP contribution in [0, 0.1) is 0 Å². The average Bonchev–Trinajstić information content (AvgIpc) is 3.12. The molecule has 0 saturated carbocycles. The summed E-state index contributed by atoms with van der Waals surface area (Å²) in [4.78, 5) is 30.1. The van der Waals surface area contributed by atoms with Gasteiger partial charge in [0.1, 0.15) is 0 Å². The molecule has 0 fully saturated rings. The summed E-state index contributed by atoms with van der Waals surface area (Å²) in [5.41, 5.74) is 4.49. The van der Waals surface area contributed by atoms with Crippen LogP contribution in [0.1, 0.15) is 48.4 Å². The lowest BCUT2D eigenvalue weighted by atomic mass is 10.1. The molecule has 0 aliphatic carbocycles. The van der Waals surface area contributed by atoms with Gasteiger partial charge in [0.05, 0.1) is 22.8 Å². The number of hydrogen-bond acceptors (Lipinski definition) is 4. The molecule has 0 amide bonds. The van der Waals surface area contributed by atoms with Crippen molar-refractivity contribution in [3.05, 3.63) is 83.2 Å². The topological polar surface area (TPSA) is 40.6 Å². The van der Waals surface area contributed by atoms with E-state index in [1.165, 1.54) is 0 Å². The Hall–Kier alpha value is -3.14. The predicted octanol–water partition coefficient (Wildman–Crippen LogP) is 4.98. The average molecular weight is 372 g/mol. The number of benzene rings is 2. The Morgan fingerprint density at radius 3 is 1.36 bits per heavy atom. The number of anilines is 2. The summed E-state index contributed by atoms with van der Waals surface area (Å²) < 4.78 is 0. The molecule has 2 aromatic rings. The van der Waals surface area contributed by atoms with E-state index in [1.807, 2.05) is 58.3 Å². The molecule has 2 aromatic carbocycles. The van der Waals surface area contributed by atoms with Crippen LogP contribution in [-0.4, -0.2) is 23.7 Å². The second-order valence-corrected chi connectivity index (χ2v) is 7.72. The Morgan fingerprint density at radius 1 is 0.643 bits per heavy atom. The van der Waals surface area contributed by atoms with Crippen molar-refractivity contribution in [3.63, 3.8) is 0 Å². The van der Waals surface area contributed by atoms with Gasteiger partial charge in [-0.15, -0.1) is 0 Å². The van der Waals surface area contributed by atoms with E-state index in [0.29, 0.717) is 22.5 Å². The number of ketones is 2. The molecule has 0 unspecified atom stereocenters. The van der Waals surface area contributed by atoms with E-state index in [9.17, 15) is 9.59 Å². The summed E-state index contributed by atoms with van der Waals surface area (Å²) in [5.74, 6) is 0.000383. The molecular weight excluding hydrogens is 348 g/mol. The number of carbonyl (C=O) groups excluding carboxylic acids is 2. The van der Waals surface area contributed by atoms with Crippen molar-refractivity contribution in [3.8, 4) is 0 Å². The highest BCUT2D eigenvalue weighted by Crippen LogP contribution is 2.38. The Morgan fingerprint density at radius 2 is 1.00 bits per heavy atom. The van der Waals surface area contributed by atoms with Crippen LogP contribution in [0.25, 0.3) is 0 Å². The second kappa shape index (κ2) is 6.79. The maximum absolute atomic E-state index is 13.0. The smallest absolute Gasteiger partial charge is 0.211 e. The summed E-state index contributed by atoms with van der Waals surface area (Å²) in [5, 5.41) is 0. The third-order valence-corrected chi connectivity index (χ3v) is 5.23. The maximum Gasteiger partial charge on any atom is 0.211 e. The first-order chi connectivity index (χ1) is 13.4. The first kappa shape index (κ1) is 18.2. The number of allylic oxidation sites excluding steroid dienone is 4. The fourth-order valence-corrected chi connectivity index (χ4v) is 4.09. The van der Waals surface area contributed by atoms with Gasteiger partial charge in [-0.25, -0.2) is 0 Å². The zero-order valence-electron chi connectivity index (χ0n) is 16.6. The van der Waals surface area contributed by atoms with Gasteiger partial charge in [-0.05, 0) is 64.1 Å². The molecule has 4 nitrogen and oxygen atoms in total. The van der Waals surface area contributed by atoms with Crippen molar-refractivity contribution < 1.29 is 9.59 Å². The number of nitrogens with zero attached hydrogens (tertiary/aromatic N) is 2. The largest absolute Gasteiger partial charge is 0.335 e. The van der Waals surface area contributed by atoms with E-state index in [4.69, 9.17) is 0 Å². The minimum Gasteiger partial charge on any atom is -0.335 e. The number of fused-ring (bicyclic) bond motifs is 2. The highest BCUT2D eigenvalue weighted by molar-refractivity contribution is 6.21. The zero-order valence-corrected chi connectivity index (χ0v) is 16.6. The van der Waals surface area contributed by atoms with Gasteiger partial charge >= 0.3 is 0 Å². The first-order valence-electron chi connectivity index (χ1n) is 9.69. The third-order valence-electron chi connectivity index (χ3n) is 5.23.